The Balaban J connectivity index is 2.09. The topological polar surface area (TPSA) is 52.9 Å². The van der Waals surface area contributed by atoms with Crippen molar-refractivity contribution < 1.29 is 4.79 Å². The van der Waals surface area contributed by atoms with Crippen LogP contribution in [0, 0.1) is 25.2 Å². The standard InChI is InChI=1S/C18H16N2O/c1-13-7-8-15(11-14(13)2)18(21)9-10-20-17-6-4-3-5-16(17)12-19/h3-11,20H,1-2H3/b10-9+. The second-order valence-electron chi connectivity index (χ2n) is 4.80. The highest BCUT2D eigenvalue weighted by Gasteiger charge is 2.03. The lowest BCUT2D eigenvalue weighted by Gasteiger charge is -2.03. The molecule has 0 fully saturated rings. The lowest BCUT2D eigenvalue weighted by Crippen LogP contribution is -1.98. The Morgan fingerprint density at radius 3 is 2.62 bits per heavy atom. The van der Waals surface area contributed by atoms with E-state index in [4.69, 9.17) is 5.26 Å². The van der Waals surface area contributed by atoms with Crippen LogP contribution in [0.3, 0.4) is 0 Å². The molecule has 0 aliphatic carbocycles. The Morgan fingerprint density at radius 1 is 1.14 bits per heavy atom. The van der Waals surface area contributed by atoms with Gasteiger partial charge in [0.05, 0.1) is 11.3 Å². The molecular weight excluding hydrogens is 260 g/mol. The van der Waals surface area contributed by atoms with Crippen LogP contribution in [0.15, 0.2) is 54.7 Å². The molecule has 0 aromatic heterocycles. The first-order chi connectivity index (χ1) is 10.1. The monoisotopic (exact) mass is 276 g/mol. The number of nitrogens with one attached hydrogen (secondary N) is 1. The summed E-state index contributed by atoms with van der Waals surface area (Å²) in [6.45, 7) is 4.00. The van der Waals surface area contributed by atoms with Crippen molar-refractivity contribution in [2.75, 3.05) is 5.32 Å². The second kappa shape index (κ2) is 6.53. The lowest BCUT2D eigenvalue weighted by molar-refractivity contribution is 0.104. The fourth-order valence-corrected chi connectivity index (χ4v) is 1.90. The number of nitrogens with zero attached hydrogens (tertiary/aromatic N) is 1. The molecule has 3 nitrogen and oxygen atoms in total. The van der Waals surface area contributed by atoms with Crippen LogP contribution < -0.4 is 5.32 Å². The minimum Gasteiger partial charge on any atom is -0.360 e. The van der Waals surface area contributed by atoms with Crippen molar-refractivity contribution in [2.45, 2.75) is 13.8 Å². The van der Waals surface area contributed by atoms with Crippen LogP contribution in [0.4, 0.5) is 5.69 Å². The molecule has 0 radical (unpaired) electrons. The number of rotatable bonds is 4. The zero-order valence-corrected chi connectivity index (χ0v) is 12.1. The fourth-order valence-electron chi connectivity index (χ4n) is 1.90. The number of ketones is 1. The van der Waals surface area contributed by atoms with Crippen LogP contribution in [0.25, 0.3) is 0 Å². The van der Waals surface area contributed by atoms with Gasteiger partial charge in [0, 0.05) is 17.8 Å². The molecule has 0 aliphatic heterocycles. The van der Waals surface area contributed by atoms with Crippen LogP contribution >= 0.6 is 0 Å². The Morgan fingerprint density at radius 2 is 1.90 bits per heavy atom. The minimum absolute atomic E-state index is 0.0694. The molecule has 1 N–H and O–H groups in total. The number of nitriles is 1. The maximum atomic E-state index is 12.1. The van der Waals surface area contributed by atoms with Crippen molar-refractivity contribution in [3.05, 3.63) is 77.0 Å². The van der Waals surface area contributed by atoms with Gasteiger partial charge in [0.1, 0.15) is 6.07 Å². The summed E-state index contributed by atoms with van der Waals surface area (Å²) in [5.74, 6) is -0.0694. The predicted molar refractivity (Wildman–Crippen MR) is 84.2 cm³/mol. The Labute approximate surface area is 124 Å². The summed E-state index contributed by atoms with van der Waals surface area (Å²) < 4.78 is 0. The Kier molecular flexibility index (Phi) is 4.53. The normalized spacial score (nSPS) is 10.3. The number of hydrogen-bond donors (Lipinski definition) is 1. The van der Waals surface area contributed by atoms with Gasteiger partial charge in [-0.3, -0.25) is 4.79 Å². The van der Waals surface area contributed by atoms with E-state index < -0.39 is 0 Å². The molecule has 2 rings (SSSR count). The number of carbonyl (C=O) groups excluding carboxylic acids is 1. The summed E-state index contributed by atoms with van der Waals surface area (Å²) in [5, 5.41) is 11.9. The molecule has 2 aromatic carbocycles. The van der Waals surface area contributed by atoms with Gasteiger partial charge in [0.15, 0.2) is 5.78 Å². The lowest BCUT2D eigenvalue weighted by atomic mass is 10.0. The molecule has 0 bridgehead atoms. The predicted octanol–water partition coefficient (Wildman–Crippen LogP) is 3.98. The highest BCUT2D eigenvalue weighted by Crippen LogP contribution is 2.14. The summed E-state index contributed by atoms with van der Waals surface area (Å²) in [4.78, 5) is 12.1. The van der Waals surface area contributed by atoms with E-state index in [9.17, 15) is 4.79 Å². The number of carbonyl (C=O) groups is 1. The molecule has 2 aromatic rings. The highest BCUT2D eigenvalue weighted by atomic mass is 16.1. The summed E-state index contributed by atoms with van der Waals surface area (Å²) in [6, 6.07) is 14.9. The van der Waals surface area contributed by atoms with Gasteiger partial charge in [-0.05, 0) is 43.2 Å². The molecule has 21 heavy (non-hydrogen) atoms. The van der Waals surface area contributed by atoms with Gasteiger partial charge >= 0.3 is 0 Å². The molecule has 0 saturated heterocycles. The first-order valence-electron chi connectivity index (χ1n) is 6.65. The van der Waals surface area contributed by atoms with E-state index in [1.807, 2.05) is 38.1 Å². The number of para-hydroxylation sites is 1. The summed E-state index contributed by atoms with van der Waals surface area (Å²) in [7, 11) is 0. The third-order valence-electron chi connectivity index (χ3n) is 3.31. The van der Waals surface area contributed by atoms with Crippen molar-refractivity contribution in [1.29, 1.82) is 5.26 Å². The van der Waals surface area contributed by atoms with Gasteiger partial charge < -0.3 is 5.32 Å². The molecular formula is C18H16N2O. The van der Waals surface area contributed by atoms with Gasteiger partial charge in [-0.1, -0.05) is 24.3 Å². The Bertz CT molecular complexity index is 739. The molecule has 0 heterocycles. The average Bonchev–Trinajstić information content (AvgIpc) is 2.50. The third kappa shape index (κ3) is 3.58. The number of hydrogen-bond acceptors (Lipinski definition) is 3. The molecule has 0 spiro atoms. The van der Waals surface area contributed by atoms with Crippen LogP contribution in [-0.4, -0.2) is 5.78 Å². The van der Waals surface area contributed by atoms with Gasteiger partial charge in [-0.25, -0.2) is 0 Å². The molecule has 3 heteroatoms. The number of allylic oxidation sites excluding steroid dienone is 1. The van der Waals surface area contributed by atoms with Crippen molar-refractivity contribution in [3.63, 3.8) is 0 Å². The van der Waals surface area contributed by atoms with Crippen LogP contribution in [-0.2, 0) is 0 Å². The minimum atomic E-state index is -0.0694. The smallest absolute Gasteiger partial charge is 0.187 e. The molecule has 0 saturated carbocycles. The SMILES string of the molecule is Cc1ccc(C(=O)/C=C/Nc2ccccc2C#N)cc1C. The van der Waals surface area contributed by atoms with E-state index in [-0.39, 0.29) is 5.78 Å². The van der Waals surface area contributed by atoms with E-state index in [0.29, 0.717) is 16.8 Å². The number of anilines is 1. The fraction of sp³-hybridized carbons (Fsp3) is 0.111. The highest BCUT2D eigenvalue weighted by molar-refractivity contribution is 6.04. The van der Waals surface area contributed by atoms with Gasteiger partial charge in [0.25, 0.3) is 0 Å². The number of benzene rings is 2. The first-order valence-corrected chi connectivity index (χ1v) is 6.65. The zero-order valence-electron chi connectivity index (χ0n) is 12.1. The second-order valence-corrected chi connectivity index (χ2v) is 4.80. The van der Waals surface area contributed by atoms with Gasteiger partial charge in [0.2, 0.25) is 0 Å². The maximum Gasteiger partial charge on any atom is 0.187 e. The van der Waals surface area contributed by atoms with Crippen LogP contribution in [0.2, 0.25) is 0 Å². The largest absolute Gasteiger partial charge is 0.360 e. The summed E-state index contributed by atoms with van der Waals surface area (Å²) in [5.41, 5.74) is 4.14. The van der Waals surface area contributed by atoms with Gasteiger partial charge in [-0.15, -0.1) is 0 Å². The average molecular weight is 276 g/mol. The van der Waals surface area contributed by atoms with Crippen molar-refractivity contribution in [3.8, 4) is 6.07 Å². The summed E-state index contributed by atoms with van der Waals surface area (Å²) >= 11 is 0. The van der Waals surface area contributed by atoms with Crippen LogP contribution in [0.1, 0.15) is 27.0 Å². The van der Waals surface area contributed by atoms with Crippen molar-refractivity contribution in [2.24, 2.45) is 0 Å². The van der Waals surface area contributed by atoms with Crippen molar-refractivity contribution >= 4 is 11.5 Å². The zero-order chi connectivity index (χ0) is 15.2. The number of aryl methyl sites for hydroxylation is 2. The molecule has 0 atom stereocenters. The van der Waals surface area contributed by atoms with Crippen molar-refractivity contribution in [1.82, 2.24) is 0 Å². The van der Waals surface area contributed by atoms with E-state index in [1.54, 1.807) is 24.4 Å². The maximum absolute atomic E-state index is 12.1. The summed E-state index contributed by atoms with van der Waals surface area (Å²) in [6.07, 6.45) is 3.03. The molecule has 0 amide bonds. The molecule has 104 valence electrons. The van der Waals surface area contributed by atoms with E-state index >= 15 is 0 Å². The van der Waals surface area contributed by atoms with E-state index in [2.05, 4.69) is 11.4 Å². The van der Waals surface area contributed by atoms with E-state index in [0.717, 1.165) is 11.1 Å². The Hall–Kier alpha value is -2.86. The quantitative estimate of drug-likeness (QED) is 0.678. The molecule has 0 unspecified atom stereocenters. The third-order valence-corrected chi connectivity index (χ3v) is 3.31. The van der Waals surface area contributed by atoms with E-state index in [1.165, 1.54) is 6.08 Å². The van der Waals surface area contributed by atoms with Crippen LogP contribution in [0.5, 0.6) is 0 Å². The molecule has 0 aliphatic rings. The first kappa shape index (κ1) is 14.5. The van der Waals surface area contributed by atoms with Gasteiger partial charge in [-0.2, -0.15) is 5.26 Å².